The van der Waals surface area contributed by atoms with Crippen LogP contribution in [0.4, 0.5) is 0 Å². The Labute approximate surface area is 57.5 Å². The number of carbonyl (C=O) groups is 1. The standard InChI is InChI=1S/C8H15O/c1-3-4-5-6-8(2)7-9/h7H,3-6H2,1-2H3. The zero-order chi connectivity index (χ0) is 7.11. The Kier molecular flexibility index (Phi) is 5.59. The molecule has 0 aliphatic rings. The van der Waals surface area contributed by atoms with Gasteiger partial charge in [0.1, 0.15) is 6.29 Å². The van der Waals surface area contributed by atoms with E-state index in [0.717, 1.165) is 18.6 Å². The molecule has 9 heavy (non-hydrogen) atoms. The third-order valence-electron chi connectivity index (χ3n) is 1.38. The zero-order valence-corrected chi connectivity index (χ0v) is 6.31. The smallest absolute Gasteiger partial charge is 0.126 e. The molecule has 0 heterocycles. The highest BCUT2D eigenvalue weighted by Gasteiger charge is 1.97. The Morgan fingerprint density at radius 3 is 2.56 bits per heavy atom. The molecule has 53 valence electrons. The fourth-order valence-corrected chi connectivity index (χ4v) is 0.713. The second-order valence-electron chi connectivity index (χ2n) is 2.42. The summed E-state index contributed by atoms with van der Waals surface area (Å²) < 4.78 is 0. The minimum absolute atomic E-state index is 0.954. The van der Waals surface area contributed by atoms with Crippen LogP contribution in [0, 0.1) is 5.92 Å². The van der Waals surface area contributed by atoms with Crippen LogP contribution in [-0.2, 0) is 4.79 Å². The molecule has 0 rings (SSSR count). The number of hydrogen-bond acceptors (Lipinski definition) is 1. The second kappa shape index (κ2) is 5.80. The summed E-state index contributed by atoms with van der Waals surface area (Å²) in [6, 6.07) is 0. The minimum Gasteiger partial charge on any atom is -0.303 e. The van der Waals surface area contributed by atoms with Crippen LogP contribution >= 0.6 is 0 Å². The predicted molar refractivity (Wildman–Crippen MR) is 39.1 cm³/mol. The molecule has 0 bridgehead atoms. The van der Waals surface area contributed by atoms with Gasteiger partial charge >= 0.3 is 0 Å². The highest BCUT2D eigenvalue weighted by molar-refractivity contribution is 5.67. The van der Waals surface area contributed by atoms with Gasteiger partial charge in [0.25, 0.3) is 0 Å². The lowest BCUT2D eigenvalue weighted by molar-refractivity contribution is -0.106. The number of unbranched alkanes of at least 4 members (excludes halogenated alkanes) is 2. The van der Waals surface area contributed by atoms with Gasteiger partial charge in [0.05, 0.1) is 0 Å². The van der Waals surface area contributed by atoms with Crippen molar-refractivity contribution in [1.82, 2.24) is 0 Å². The molecule has 0 aromatic carbocycles. The van der Waals surface area contributed by atoms with E-state index in [1.54, 1.807) is 0 Å². The molecule has 0 unspecified atom stereocenters. The molecule has 0 saturated heterocycles. The maximum Gasteiger partial charge on any atom is 0.126 e. The van der Waals surface area contributed by atoms with Gasteiger partial charge in [-0.3, -0.25) is 0 Å². The van der Waals surface area contributed by atoms with Crippen molar-refractivity contribution < 1.29 is 4.79 Å². The summed E-state index contributed by atoms with van der Waals surface area (Å²) in [6.07, 6.45) is 5.57. The molecule has 0 aliphatic heterocycles. The maximum absolute atomic E-state index is 10.1. The van der Waals surface area contributed by atoms with E-state index >= 15 is 0 Å². The fourth-order valence-electron chi connectivity index (χ4n) is 0.713. The van der Waals surface area contributed by atoms with Crippen molar-refractivity contribution in [3.05, 3.63) is 5.92 Å². The van der Waals surface area contributed by atoms with E-state index in [9.17, 15) is 4.79 Å². The van der Waals surface area contributed by atoms with E-state index in [-0.39, 0.29) is 0 Å². The Balaban J connectivity index is 2.96. The molecule has 0 N–H and O–H groups in total. The lowest BCUT2D eigenvalue weighted by Crippen LogP contribution is -1.91. The summed E-state index contributed by atoms with van der Waals surface area (Å²) in [5.41, 5.74) is 0. The number of rotatable bonds is 5. The van der Waals surface area contributed by atoms with Crippen molar-refractivity contribution in [2.45, 2.75) is 39.5 Å². The molecule has 0 amide bonds. The molecule has 0 spiro atoms. The largest absolute Gasteiger partial charge is 0.303 e. The topological polar surface area (TPSA) is 17.1 Å². The number of aldehydes is 1. The Hall–Kier alpha value is -0.330. The molecule has 0 saturated carbocycles. The lowest BCUT2D eigenvalue weighted by Gasteiger charge is -1.98. The van der Waals surface area contributed by atoms with Crippen LogP contribution < -0.4 is 0 Å². The molecule has 1 nitrogen and oxygen atoms in total. The second-order valence-corrected chi connectivity index (χ2v) is 2.42. The predicted octanol–water partition coefficient (Wildman–Crippen LogP) is 2.36. The monoisotopic (exact) mass is 127 g/mol. The Morgan fingerprint density at radius 1 is 1.44 bits per heavy atom. The summed E-state index contributed by atoms with van der Waals surface area (Å²) in [7, 11) is 0. The average Bonchev–Trinajstić information content (AvgIpc) is 1.89. The van der Waals surface area contributed by atoms with Gasteiger partial charge in [0, 0.05) is 5.92 Å². The fraction of sp³-hybridized carbons (Fsp3) is 0.750. The summed E-state index contributed by atoms with van der Waals surface area (Å²) in [5, 5.41) is 0. The summed E-state index contributed by atoms with van der Waals surface area (Å²) >= 11 is 0. The first-order chi connectivity index (χ1) is 4.31. The third-order valence-corrected chi connectivity index (χ3v) is 1.38. The van der Waals surface area contributed by atoms with E-state index in [1.807, 2.05) is 6.92 Å². The molecule has 0 atom stereocenters. The van der Waals surface area contributed by atoms with Crippen LogP contribution in [0.15, 0.2) is 0 Å². The molecule has 0 aliphatic carbocycles. The molecule has 1 heteroatoms. The van der Waals surface area contributed by atoms with Crippen molar-refractivity contribution in [3.63, 3.8) is 0 Å². The first-order valence-electron chi connectivity index (χ1n) is 3.59. The third kappa shape index (κ3) is 5.54. The summed E-state index contributed by atoms with van der Waals surface area (Å²) in [6.45, 7) is 4.05. The molecule has 0 fully saturated rings. The van der Waals surface area contributed by atoms with Gasteiger partial charge in [-0.2, -0.15) is 0 Å². The van der Waals surface area contributed by atoms with Crippen LogP contribution in [0.1, 0.15) is 39.5 Å². The lowest BCUT2D eigenvalue weighted by atomic mass is 10.1. The van der Waals surface area contributed by atoms with E-state index in [4.69, 9.17) is 0 Å². The van der Waals surface area contributed by atoms with Gasteiger partial charge in [-0.15, -0.1) is 0 Å². The van der Waals surface area contributed by atoms with Gasteiger partial charge in [-0.25, -0.2) is 0 Å². The van der Waals surface area contributed by atoms with Gasteiger partial charge in [0.2, 0.25) is 0 Å². The van der Waals surface area contributed by atoms with Gasteiger partial charge in [-0.1, -0.05) is 33.1 Å². The van der Waals surface area contributed by atoms with Gasteiger partial charge < -0.3 is 4.79 Å². The molecule has 0 aromatic rings. The highest BCUT2D eigenvalue weighted by Crippen LogP contribution is 2.07. The first-order valence-corrected chi connectivity index (χ1v) is 3.59. The SMILES string of the molecule is CCCCC[C](C)C=O. The van der Waals surface area contributed by atoms with Crippen molar-refractivity contribution in [1.29, 1.82) is 0 Å². The first kappa shape index (κ1) is 8.67. The van der Waals surface area contributed by atoms with E-state index in [0.29, 0.717) is 0 Å². The van der Waals surface area contributed by atoms with Crippen LogP contribution in [0.3, 0.4) is 0 Å². The van der Waals surface area contributed by atoms with Crippen LogP contribution in [0.25, 0.3) is 0 Å². The molecule has 1 radical (unpaired) electrons. The Morgan fingerprint density at radius 2 is 2.11 bits per heavy atom. The van der Waals surface area contributed by atoms with Gasteiger partial charge in [0.15, 0.2) is 0 Å². The molecular formula is C8H15O. The van der Waals surface area contributed by atoms with Crippen LogP contribution in [0.2, 0.25) is 0 Å². The van der Waals surface area contributed by atoms with E-state index in [1.165, 1.54) is 19.3 Å². The molecular weight excluding hydrogens is 112 g/mol. The molecule has 0 aromatic heterocycles. The van der Waals surface area contributed by atoms with Crippen LogP contribution in [-0.4, -0.2) is 6.29 Å². The van der Waals surface area contributed by atoms with Crippen LogP contribution in [0.5, 0.6) is 0 Å². The summed E-state index contributed by atoms with van der Waals surface area (Å²) in [5.74, 6) is 0.975. The quantitative estimate of drug-likeness (QED) is 0.409. The van der Waals surface area contributed by atoms with Crippen molar-refractivity contribution in [2.75, 3.05) is 0 Å². The van der Waals surface area contributed by atoms with E-state index < -0.39 is 0 Å². The zero-order valence-electron chi connectivity index (χ0n) is 6.31. The van der Waals surface area contributed by atoms with Gasteiger partial charge in [-0.05, 0) is 6.42 Å². The normalized spacial score (nSPS) is 10.1. The van der Waals surface area contributed by atoms with E-state index in [2.05, 4.69) is 6.92 Å². The number of carbonyl (C=O) groups excluding carboxylic acids is 1. The summed E-state index contributed by atoms with van der Waals surface area (Å²) in [4.78, 5) is 10.1. The number of hydrogen-bond donors (Lipinski definition) is 0. The Bertz CT molecular complexity index is 69.0. The highest BCUT2D eigenvalue weighted by atomic mass is 16.1. The maximum atomic E-state index is 10.1. The van der Waals surface area contributed by atoms with Crippen molar-refractivity contribution in [3.8, 4) is 0 Å². The minimum atomic E-state index is 0.954. The average molecular weight is 127 g/mol. The van der Waals surface area contributed by atoms with Crippen molar-refractivity contribution >= 4 is 6.29 Å². The van der Waals surface area contributed by atoms with Crippen molar-refractivity contribution in [2.24, 2.45) is 0 Å².